The molecular formula is C22H24N4O3S2. The van der Waals surface area contributed by atoms with Crippen LogP contribution >= 0.6 is 24.0 Å². The van der Waals surface area contributed by atoms with Crippen molar-refractivity contribution in [3.8, 4) is 0 Å². The summed E-state index contributed by atoms with van der Waals surface area (Å²) in [5, 5.41) is 2.47. The normalized spacial score (nSPS) is 20.5. The van der Waals surface area contributed by atoms with Gasteiger partial charge in [0.1, 0.15) is 4.32 Å². The second kappa shape index (κ2) is 8.84. The van der Waals surface area contributed by atoms with E-state index in [-0.39, 0.29) is 22.6 Å². The number of thioether (sulfide) groups is 1. The lowest BCUT2D eigenvalue weighted by Gasteiger charge is -2.43. The number of benzene rings is 1. The minimum atomic E-state index is -0.508. The summed E-state index contributed by atoms with van der Waals surface area (Å²) < 4.78 is 2.60. The highest BCUT2D eigenvalue weighted by Gasteiger charge is 2.35. The van der Waals surface area contributed by atoms with Crippen LogP contribution in [0, 0.1) is 5.92 Å². The van der Waals surface area contributed by atoms with E-state index in [4.69, 9.17) is 18.0 Å². The number of likely N-dealkylation sites (tertiary alicyclic amines) is 1. The van der Waals surface area contributed by atoms with Crippen LogP contribution in [0.25, 0.3) is 0 Å². The number of nitrogens with zero attached hydrogens (tertiary/aromatic N) is 2. The van der Waals surface area contributed by atoms with Crippen molar-refractivity contribution in [2.24, 2.45) is 11.7 Å². The predicted octanol–water partition coefficient (Wildman–Crippen LogP) is 2.41. The average molecular weight is 457 g/mol. The maximum Gasteiger partial charge on any atom is 0.250 e. The summed E-state index contributed by atoms with van der Waals surface area (Å²) in [6.07, 6.45) is 1.06. The molecule has 4 rings (SSSR count). The van der Waals surface area contributed by atoms with Crippen LogP contribution in [0.1, 0.15) is 35.3 Å². The number of piperidine rings is 1. The number of fused-ring (bicyclic) bond motifs is 4. The molecular weight excluding hydrogens is 432 g/mol. The first-order chi connectivity index (χ1) is 14.8. The maximum atomic E-state index is 12.6. The number of amides is 2. The number of anilines is 1. The minimum absolute atomic E-state index is 0.0618. The van der Waals surface area contributed by atoms with Crippen LogP contribution in [-0.2, 0) is 11.3 Å². The molecule has 2 aliphatic heterocycles. The fraction of sp³-hybridized carbons (Fsp3) is 0.364. The van der Waals surface area contributed by atoms with Crippen LogP contribution in [0.15, 0.2) is 47.3 Å². The van der Waals surface area contributed by atoms with Crippen LogP contribution in [0.2, 0.25) is 0 Å². The van der Waals surface area contributed by atoms with Crippen molar-refractivity contribution in [3.63, 3.8) is 0 Å². The predicted molar refractivity (Wildman–Crippen MR) is 126 cm³/mol. The molecule has 2 amide bonds. The largest absolute Gasteiger partial charge is 0.366 e. The number of primary amides is 1. The quantitative estimate of drug-likeness (QED) is 0.686. The molecule has 3 heterocycles. The third kappa shape index (κ3) is 4.67. The number of aromatic nitrogens is 1. The number of thiocarbonyl (C=S) groups is 1. The van der Waals surface area contributed by atoms with Gasteiger partial charge in [0.25, 0.3) is 5.56 Å². The van der Waals surface area contributed by atoms with Gasteiger partial charge >= 0.3 is 0 Å². The van der Waals surface area contributed by atoms with Gasteiger partial charge in [-0.05, 0) is 49.6 Å². The van der Waals surface area contributed by atoms with Crippen LogP contribution in [0.3, 0.4) is 0 Å². The molecule has 1 aromatic heterocycles. The molecule has 3 atom stereocenters. The maximum absolute atomic E-state index is 12.6. The van der Waals surface area contributed by atoms with E-state index in [1.165, 1.54) is 11.8 Å². The van der Waals surface area contributed by atoms with Crippen LogP contribution < -0.4 is 16.6 Å². The Balaban J connectivity index is 1.36. The summed E-state index contributed by atoms with van der Waals surface area (Å²) in [6.45, 7) is 4.09. The zero-order chi connectivity index (χ0) is 22.1. The highest BCUT2D eigenvalue weighted by molar-refractivity contribution is 8.23. The Morgan fingerprint density at radius 2 is 1.90 bits per heavy atom. The number of hydrogen-bond acceptors (Lipinski definition) is 5. The van der Waals surface area contributed by atoms with Crippen molar-refractivity contribution in [1.29, 1.82) is 0 Å². The van der Waals surface area contributed by atoms with Crippen molar-refractivity contribution in [2.45, 2.75) is 31.1 Å². The Kier molecular flexibility index (Phi) is 6.15. The summed E-state index contributed by atoms with van der Waals surface area (Å²) in [4.78, 5) is 38.1. The molecule has 0 unspecified atom stereocenters. The molecule has 0 spiro atoms. The molecule has 1 fully saturated rings. The topological polar surface area (TPSA) is 97.4 Å². The highest BCUT2D eigenvalue weighted by atomic mass is 32.2. The lowest BCUT2D eigenvalue weighted by Crippen LogP contribution is -2.48. The Bertz CT molecular complexity index is 1080. The van der Waals surface area contributed by atoms with Crippen molar-refractivity contribution < 1.29 is 9.59 Å². The number of nitrogens with two attached hydrogens (primary N) is 1. The van der Waals surface area contributed by atoms with E-state index < -0.39 is 5.91 Å². The first-order valence-corrected chi connectivity index (χ1v) is 11.5. The second-order valence-corrected chi connectivity index (χ2v) is 10.0. The summed E-state index contributed by atoms with van der Waals surface area (Å²) >= 11 is 7.04. The lowest BCUT2D eigenvalue weighted by molar-refractivity contribution is -0.115. The molecule has 1 aromatic carbocycles. The van der Waals surface area contributed by atoms with E-state index >= 15 is 0 Å². The molecule has 2 aromatic rings. The SMILES string of the molecule is C[C@H](SC(=S)N1C[C@H]2C[C@@H](C1)c1cccc(=O)n1C2)C(=O)Nc1ccc(C(N)=O)cc1. The lowest BCUT2D eigenvalue weighted by atomic mass is 9.83. The van der Waals surface area contributed by atoms with Gasteiger partial charge in [-0.3, -0.25) is 14.4 Å². The summed E-state index contributed by atoms with van der Waals surface area (Å²) in [5.74, 6) is -0.0233. The second-order valence-electron chi connectivity index (χ2n) is 8.06. The van der Waals surface area contributed by atoms with Crippen molar-refractivity contribution in [3.05, 3.63) is 64.1 Å². The third-order valence-corrected chi connectivity index (χ3v) is 7.40. The zero-order valence-electron chi connectivity index (χ0n) is 17.1. The fourth-order valence-corrected chi connectivity index (χ4v) is 5.64. The van der Waals surface area contributed by atoms with Crippen LogP contribution in [0.5, 0.6) is 0 Å². The Morgan fingerprint density at radius 3 is 2.61 bits per heavy atom. The van der Waals surface area contributed by atoms with E-state index in [0.717, 1.165) is 25.2 Å². The van der Waals surface area contributed by atoms with Crippen molar-refractivity contribution in [2.75, 3.05) is 18.4 Å². The Hall–Kier alpha value is -2.65. The standard InChI is InChI=1S/C22H24N4O3S2/c1-13(21(29)24-17-7-5-15(6-8-17)20(23)28)31-22(30)25-10-14-9-16(12-25)18-3-2-4-19(27)26(18)11-14/h2-8,13-14,16H,9-12H2,1H3,(H2,23,28)(H,24,29)/t13-,14+,16-/m0/s1. The summed E-state index contributed by atoms with van der Waals surface area (Å²) in [7, 11) is 0. The number of pyridine rings is 1. The van der Waals surface area contributed by atoms with Gasteiger partial charge in [-0.25, -0.2) is 0 Å². The number of nitrogens with one attached hydrogen (secondary N) is 1. The average Bonchev–Trinajstić information content (AvgIpc) is 2.74. The first kappa shape index (κ1) is 21.6. The molecule has 0 aliphatic carbocycles. The van der Waals surface area contributed by atoms with E-state index in [0.29, 0.717) is 28.0 Å². The van der Waals surface area contributed by atoms with Gasteiger partial charge in [-0.15, -0.1) is 0 Å². The molecule has 2 bridgehead atoms. The van der Waals surface area contributed by atoms with Gasteiger partial charge in [0, 0.05) is 48.6 Å². The molecule has 162 valence electrons. The number of carbonyl (C=O) groups is 2. The monoisotopic (exact) mass is 456 g/mol. The molecule has 0 saturated carbocycles. The molecule has 7 nitrogen and oxygen atoms in total. The number of hydrogen-bond donors (Lipinski definition) is 2. The smallest absolute Gasteiger partial charge is 0.250 e. The molecule has 31 heavy (non-hydrogen) atoms. The molecule has 0 radical (unpaired) electrons. The zero-order valence-corrected chi connectivity index (χ0v) is 18.7. The van der Waals surface area contributed by atoms with Gasteiger partial charge in [0.15, 0.2) is 0 Å². The minimum Gasteiger partial charge on any atom is -0.366 e. The number of carbonyl (C=O) groups excluding carboxylic acids is 2. The third-order valence-electron chi connectivity index (χ3n) is 5.82. The first-order valence-electron chi connectivity index (χ1n) is 10.2. The molecule has 2 aliphatic rings. The molecule has 1 saturated heterocycles. The highest BCUT2D eigenvalue weighted by Crippen LogP contribution is 2.36. The van der Waals surface area contributed by atoms with E-state index in [1.807, 2.05) is 23.6 Å². The van der Waals surface area contributed by atoms with E-state index in [9.17, 15) is 14.4 Å². The molecule has 9 heteroatoms. The van der Waals surface area contributed by atoms with Crippen LogP contribution in [-0.4, -0.2) is 43.9 Å². The van der Waals surface area contributed by atoms with Crippen molar-refractivity contribution >= 4 is 45.8 Å². The molecule has 3 N–H and O–H groups in total. The Labute approximate surface area is 190 Å². The van der Waals surface area contributed by atoms with Crippen LogP contribution in [0.4, 0.5) is 5.69 Å². The number of rotatable bonds is 4. The van der Waals surface area contributed by atoms with Gasteiger partial charge < -0.3 is 20.5 Å². The fourth-order valence-electron chi connectivity index (χ4n) is 4.29. The van der Waals surface area contributed by atoms with Gasteiger partial charge in [0.2, 0.25) is 11.8 Å². The van der Waals surface area contributed by atoms with E-state index in [2.05, 4.69) is 10.2 Å². The van der Waals surface area contributed by atoms with Gasteiger partial charge in [0.05, 0.1) is 5.25 Å². The summed E-state index contributed by atoms with van der Waals surface area (Å²) in [6, 6.07) is 11.9. The van der Waals surface area contributed by atoms with Gasteiger partial charge in [-0.1, -0.05) is 30.0 Å². The summed E-state index contributed by atoms with van der Waals surface area (Å²) in [5.41, 5.74) is 7.37. The van der Waals surface area contributed by atoms with Gasteiger partial charge in [-0.2, -0.15) is 0 Å². The Morgan fingerprint density at radius 1 is 1.16 bits per heavy atom. The van der Waals surface area contributed by atoms with E-state index in [1.54, 1.807) is 30.3 Å². The van der Waals surface area contributed by atoms with Crippen molar-refractivity contribution in [1.82, 2.24) is 9.47 Å².